The van der Waals surface area contributed by atoms with E-state index in [1.807, 2.05) is 68.4 Å². The highest BCUT2D eigenvalue weighted by Gasteiger charge is 2.08. The number of rotatable bonds is 7. The van der Waals surface area contributed by atoms with Crippen molar-refractivity contribution in [1.29, 1.82) is 0 Å². The summed E-state index contributed by atoms with van der Waals surface area (Å²) in [6, 6.07) is 18.0. The predicted molar refractivity (Wildman–Crippen MR) is 106 cm³/mol. The lowest BCUT2D eigenvalue weighted by molar-refractivity contribution is -0.132. The minimum Gasteiger partial charge on any atom is -0.487 e. The van der Waals surface area contributed by atoms with Gasteiger partial charge in [-0.2, -0.15) is 0 Å². The van der Waals surface area contributed by atoms with Crippen LogP contribution in [-0.2, 0) is 16.1 Å². The van der Waals surface area contributed by atoms with Gasteiger partial charge in [-0.05, 0) is 25.0 Å². The molecule has 0 bridgehead atoms. The van der Waals surface area contributed by atoms with E-state index >= 15 is 0 Å². The quantitative estimate of drug-likeness (QED) is 0.563. The Bertz CT molecular complexity index is 836. The normalized spacial score (nSPS) is 11.1. The fourth-order valence-corrected chi connectivity index (χ4v) is 2.34. The molecule has 0 aliphatic carbocycles. The average molecular weight is 367 g/mol. The Morgan fingerprint density at radius 1 is 1.04 bits per heavy atom. The number of carbonyl (C=O) groups is 1. The second kappa shape index (κ2) is 10.8. The van der Waals surface area contributed by atoms with Gasteiger partial charge in [-0.15, -0.1) is 0 Å². The zero-order valence-electron chi connectivity index (χ0n) is 15.9. The van der Waals surface area contributed by atoms with Crippen molar-refractivity contribution in [1.82, 2.24) is 4.98 Å². The first-order valence-electron chi connectivity index (χ1n) is 8.87. The maximum Gasteiger partial charge on any atom is 0.293 e. The maximum absolute atomic E-state index is 9.55. The number of methoxy groups -OCH3 is 1. The summed E-state index contributed by atoms with van der Waals surface area (Å²) in [5.41, 5.74) is 1.13. The molecule has 0 aliphatic heterocycles. The van der Waals surface area contributed by atoms with Crippen molar-refractivity contribution >= 4 is 17.2 Å². The van der Waals surface area contributed by atoms with E-state index in [0.29, 0.717) is 19.0 Å². The molecule has 3 aromatic rings. The number of hydrogen-bond donors (Lipinski definition) is 0. The number of pyridine rings is 1. The lowest BCUT2D eigenvalue weighted by atomic mass is 10.1. The zero-order chi connectivity index (χ0) is 19.5. The first-order chi connectivity index (χ1) is 13.2. The van der Waals surface area contributed by atoms with Crippen molar-refractivity contribution in [2.24, 2.45) is 0 Å². The molecule has 0 fully saturated rings. The molecule has 27 heavy (non-hydrogen) atoms. The van der Waals surface area contributed by atoms with Crippen LogP contribution in [0, 0.1) is 0 Å². The number of nitrogens with zero attached hydrogens (tertiary/aromatic N) is 1. The monoisotopic (exact) mass is 367 g/mol. The fraction of sp³-hybridized carbons (Fsp3) is 0.273. The van der Waals surface area contributed by atoms with Crippen LogP contribution < -0.4 is 9.47 Å². The standard InChI is InChI=1S/C17H15NO2.C5H10O2/c1-19-17-15-10-6-5-9-14(15)16(11-18-17)20-12-13-7-3-2-4-8-13;1-3-5(2)7-4-6/h2-11H,12H2,1H3;4-5H,3H2,1-2H3. The molecule has 1 aromatic heterocycles. The lowest BCUT2D eigenvalue weighted by Gasteiger charge is -2.11. The number of aromatic nitrogens is 1. The summed E-state index contributed by atoms with van der Waals surface area (Å²) in [5, 5.41) is 1.97. The highest BCUT2D eigenvalue weighted by molar-refractivity contribution is 5.91. The third-order valence-electron chi connectivity index (χ3n) is 4.02. The van der Waals surface area contributed by atoms with Crippen molar-refractivity contribution in [3.8, 4) is 11.6 Å². The van der Waals surface area contributed by atoms with Gasteiger partial charge >= 0.3 is 0 Å². The van der Waals surface area contributed by atoms with Crippen molar-refractivity contribution in [3.05, 3.63) is 66.4 Å². The van der Waals surface area contributed by atoms with Gasteiger partial charge in [0.2, 0.25) is 5.88 Å². The van der Waals surface area contributed by atoms with Crippen LogP contribution >= 0.6 is 0 Å². The first kappa shape index (κ1) is 20.2. The minimum absolute atomic E-state index is 0.0810. The van der Waals surface area contributed by atoms with Crippen molar-refractivity contribution in [3.63, 3.8) is 0 Å². The molecule has 1 atom stereocenters. The van der Waals surface area contributed by atoms with Crippen LogP contribution in [0.5, 0.6) is 11.6 Å². The van der Waals surface area contributed by atoms with Gasteiger partial charge in [0.25, 0.3) is 6.47 Å². The summed E-state index contributed by atoms with van der Waals surface area (Å²) >= 11 is 0. The molecule has 1 heterocycles. The van der Waals surface area contributed by atoms with Gasteiger partial charge in [0, 0.05) is 10.8 Å². The molecule has 0 amide bonds. The molecule has 3 rings (SSSR count). The smallest absolute Gasteiger partial charge is 0.293 e. The number of hydrogen-bond acceptors (Lipinski definition) is 5. The Morgan fingerprint density at radius 3 is 2.30 bits per heavy atom. The molecule has 5 nitrogen and oxygen atoms in total. The largest absolute Gasteiger partial charge is 0.487 e. The summed E-state index contributed by atoms with van der Waals surface area (Å²) < 4.78 is 15.7. The predicted octanol–water partition coefficient (Wildman–Crippen LogP) is 4.78. The highest BCUT2D eigenvalue weighted by Crippen LogP contribution is 2.30. The van der Waals surface area contributed by atoms with Crippen LogP contribution in [0.15, 0.2) is 60.8 Å². The first-order valence-corrected chi connectivity index (χ1v) is 8.87. The number of carbonyl (C=O) groups excluding carboxylic acids is 1. The Morgan fingerprint density at radius 2 is 1.70 bits per heavy atom. The van der Waals surface area contributed by atoms with Crippen LogP contribution in [-0.4, -0.2) is 24.7 Å². The minimum atomic E-state index is 0.0810. The maximum atomic E-state index is 9.55. The lowest BCUT2D eigenvalue weighted by Crippen LogP contribution is -2.03. The van der Waals surface area contributed by atoms with E-state index in [4.69, 9.17) is 9.47 Å². The molecule has 0 saturated heterocycles. The molecule has 0 spiro atoms. The van der Waals surface area contributed by atoms with Gasteiger partial charge in [-0.1, -0.05) is 55.5 Å². The fourth-order valence-electron chi connectivity index (χ4n) is 2.34. The van der Waals surface area contributed by atoms with Crippen molar-refractivity contribution in [2.75, 3.05) is 7.11 Å². The zero-order valence-corrected chi connectivity index (χ0v) is 15.9. The van der Waals surface area contributed by atoms with E-state index in [9.17, 15) is 4.79 Å². The van der Waals surface area contributed by atoms with E-state index in [-0.39, 0.29) is 6.10 Å². The van der Waals surface area contributed by atoms with E-state index < -0.39 is 0 Å². The Labute approximate surface area is 159 Å². The van der Waals surface area contributed by atoms with Crippen LogP contribution in [0.1, 0.15) is 25.8 Å². The van der Waals surface area contributed by atoms with Crippen LogP contribution in [0.4, 0.5) is 0 Å². The number of ether oxygens (including phenoxy) is 3. The highest BCUT2D eigenvalue weighted by atomic mass is 16.5. The number of fused-ring (bicyclic) bond motifs is 1. The Kier molecular flexibility index (Phi) is 8.10. The topological polar surface area (TPSA) is 57.7 Å². The second-order valence-corrected chi connectivity index (χ2v) is 5.90. The number of benzene rings is 2. The van der Waals surface area contributed by atoms with E-state index in [1.165, 1.54) is 0 Å². The second-order valence-electron chi connectivity index (χ2n) is 5.90. The third-order valence-corrected chi connectivity index (χ3v) is 4.02. The summed E-state index contributed by atoms with van der Waals surface area (Å²) in [5.74, 6) is 1.39. The SMILES string of the molecule is CCC(C)OC=O.COc1ncc(OCc2ccccc2)c2ccccc12. The molecule has 5 heteroatoms. The van der Waals surface area contributed by atoms with Gasteiger partial charge in [0.15, 0.2) is 0 Å². The molecule has 0 N–H and O–H groups in total. The molecular weight excluding hydrogens is 342 g/mol. The molecule has 0 aliphatic rings. The summed E-state index contributed by atoms with van der Waals surface area (Å²) in [4.78, 5) is 13.8. The van der Waals surface area contributed by atoms with Crippen molar-refractivity contribution in [2.45, 2.75) is 33.0 Å². The molecule has 1 unspecified atom stereocenters. The Hall–Kier alpha value is -3.08. The van der Waals surface area contributed by atoms with E-state index in [1.54, 1.807) is 13.3 Å². The van der Waals surface area contributed by atoms with E-state index in [0.717, 1.165) is 28.5 Å². The summed E-state index contributed by atoms with van der Waals surface area (Å²) in [7, 11) is 1.62. The summed E-state index contributed by atoms with van der Waals surface area (Å²) in [6.07, 6.45) is 2.68. The van der Waals surface area contributed by atoms with Crippen LogP contribution in [0.3, 0.4) is 0 Å². The molecular formula is C22H25NO4. The molecule has 2 aromatic carbocycles. The van der Waals surface area contributed by atoms with Gasteiger partial charge in [-0.3, -0.25) is 4.79 Å². The van der Waals surface area contributed by atoms with Crippen LogP contribution in [0.25, 0.3) is 10.8 Å². The van der Waals surface area contributed by atoms with Crippen LogP contribution in [0.2, 0.25) is 0 Å². The molecule has 142 valence electrons. The average Bonchev–Trinajstić information content (AvgIpc) is 2.73. The molecule has 0 saturated carbocycles. The van der Waals surface area contributed by atoms with Crippen molar-refractivity contribution < 1.29 is 19.0 Å². The van der Waals surface area contributed by atoms with Gasteiger partial charge in [-0.25, -0.2) is 4.98 Å². The third kappa shape index (κ3) is 5.99. The van der Waals surface area contributed by atoms with Gasteiger partial charge in [0.05, 0.1) is 19.4 Å². The Balaban J connectivity index is 0.000000321. The van der Waals surface area contributed by atoms with Gasteiger partial charge in [0.1, 0.15) is 12.4 Å². The summed E-state index contributed by atoms with van der Waals surface area (Å²) in [6.45, 7) is 4.83. The van der Waals surface area contributed by atoms with Gasteiger partial charge < -0.3 is 14.2 Å². The molecule has 0 radical (unpaired) electrons. The van der Waals surface area contributed by atoms with E-state index in [2.05, 4.69) is 9.72 Å².